The third-order valence-corrected chi connectivity index (χ3v) is 7.21. The van der Waals surface area contributed by atoms with Crippen LogP contribution in [0.15, 0.2) is 86.6 Å². The molecule has 0 spiro atoms. The quantitative estimate of drug-likeness (QED) is 0.237. The molecule has 0 fully saturated rings. The predicted molar refractivity (Wildman–Crippen MR) is 138 cm³/mol. The number of nitrogens with zero attached hydrogens (tertiary/aromatic N) is 3. The number of furan rings is 1. The summed E-state index contributed by atoms with van der Waals surface area (Å²) in [4.78, 5) is 35.5. The van der Waals surface area contributed by atoms with Gasteiger partial charge in [0.1, 0.15) is 10.6 Å². The summed E-state index contributed by atoms with van der Waals surface area (Å²) in [5.74, 6) is 1.03. The average Bonchev–Trinajstić information content (AvgIpc) is 3.54. The zero-order valence-corrected chi connectivity index (χ0v) is 20.6. The minimum absolute atomic E-state index is 0.0968. The van der Waals surface area contributed by atoms with Crippen LogP contribution in [0.25, 0.3) is 15.9 Å². The van der Waals surface area contributed by atoms with E-state index in [9.17, 15) is 9.59 Å². The van der Waals surface area contributed by atoms with Crippen LogP contribution in [0.1, 0.15) is 27.6 Å². The van der Waals surface area contributed by atoms with Gasteiger partial charge in [-0.05, 0) is 54.3 Å². The summed E-state index contributed by atoms with van der Waals surface area (Å²) in [6.45, 7) is 2.44. The van der Waals surface area contributed by atoms with E-state index in [1.54, 1.807) is 22.9 Å². The molecule has 5 aromatic rings. The van der Waals surface area contributed by atoms with Crippen molar-refractivity contribution >= 4 is 39.2 Å². The van der Waals surface area contributed by atoms with Crippen molar-refractivity contribution in [3.05, 3.63) is 105 Å². The zero-order valence-electron chi connectivity index (χ0n) is 18.9. The zero-order chi connectivity index (χ0) is 24.2. The largest absolute Gasteiger partial charge is 0.455 e. The van der Waals surface area contributed by atoms with Crippen LogP contribution in [0, 0.1) is 6.92 Å². The molecule has 35 heavy (non-hydrogen) atoms. The highest BCUT2D eigenvalue weighted by molar-refractivity contribution is 7.98. The number of thiophene rings is 1. The van der Waals surface area contributed by atoms with Gasteiger partial charge in [0.25, 0.3) is 11.5 Å². The second-order valence-electron chi connectivity index (χ2n) is 7.84. The SMILES string of the molecule is Cc1ccccc1-n1c(SCc2ccc(C(=O)NCCc3ccccn3)o2)nc2sccc2c1=O. The number of hydrogen-bond donors (Lipinski definition) is 1. The second-order valence-corrected chi connectivity index (χ2v) is 9.68. The lowest BCUT2D eigenvalue weighted by Gasteiger charge is -2.13. The Morgan fingerprint density at radius 3 is 2.80 bits per heavy atom. The Hall–Kier alpha value is -3.69. The van der Waals surface area contributed by atoms with Crippen molar-refractivity contribution in [1.82, 2.24) is 19.9 Å². The number of hydrogen-bond acceptors (Lipinski definition) is 7. The van der Waals surface area contributed by atoms with Gasteiger partial charge in [-0.2, -0.15) is 0 Å². The summed E-state index contributed by atoms with van der Waals surface area (Å²) in [6.07, 6.45) is 2.38. The van der Waals surface area contributed by atoms with Gasteiger partial charge in [0.05, 0.1) is 16.8 Å². The topological polar surface area (TPSA) is 90.0 Å². The first kappa shape index (κ1) is 23.1. The van der Waals surface area contributed by atoms with Gasteiger partial charge in [-0.1, -0.05) is 36.0 Å². The molecule has 5 rings (SSSR count). The van der Waals surface area contributed by atoms with Crippen molar-refractivity contribution in [3.63, 3.8) is 0 Å². The molecule has 0 unspecified atom stereocenters. The fourth-order valence-corrected chi connectivity index (χ4v) is 5.37. The molecule has 4 aromatic heterocycles. The van der Waals surface area contributed by atoms with E-state index in [-0.39, 0.29) is 17.2 Å². The molecule has 0 aliphatic heterocycles. The van der Waals surface area contributed by atoms with Crippen LogP contribution in [0.3, 0.4) is 0 Å². The lowest BCUT2D eigenvalue weighted by atomic mass is 10.2. The Kier molecular flexibility index (Phi) is 6.78. The first-order chi connectivity index (χ1) is 17.1. The molecule has 7 nitrogen and oxygen atoms in total. The molecule has 1 aromatic carbocycles. The molecule has 0 radical (unpaired) electrons. The number of rotatable bonds is 8. The Balaban J connectivity index is 1.31. The number of benzene rings is 1. The third-order valence-electron chi connectivity index (χ3n) is 5.44. The Labute approximate surface area is 209 Å². The van der Waals surface area contributed by atoms with Crippen molar-refractivity contribution in [2.45, 2.75) is 24.3 Å². The molecular weight excluding hydrogens is 480 g/mol. The molecule has 0 aliphatic carbocycles. The van der Waals surface area contributed by atoms with E-state index < -0.39 is 0 Å². The summed E-state index contributed by atoms with van der Waals surface area (Å²) >= 11 is 2.84. The van der Waals surface area contributed by atoms with E-state index in [2.05, 4.69) is 10.3 Å². The molecule has 0 saturated carbocycles. The number of nitrogens with one attached hydrogen (secondary N) is 1. The van der Waals surface area contributed by atoms with E-state index >= 15 is 0 Å². The average molecular weight is 503 g/mol. The predicted octanol–water partition coefficient (Wildman–Crippen LogP) is 5.01. The van der Waals surface area contributed by atoms with Crippen molar-refractivity contribution < 1.29 is 9.21 Å². The Bertz CT molecular complexity index is 1540. The van der Waals surface area contributed by atoms with Crippen LogP contribution in [0.2, 0.25) is 0 Å². The van der Waals surface area contributed by atoms with Crippen LogP contribution >= 0.6 is 23.1 Å². The van der Waals surface area contributed by atoms with Crippen molar-refractivity contribution in [2.24, 2.45) is 0 Å². The molecular formula is C26H22N4O3S2. The molecule has 176 valence electrons. The van der Waals surface area contributed by atoms with Crippen LogP contribution in [-0.4, -0.2) is 27.0 Å². The molecule has 1 N–H and O–H groups in total. The lowest BCUT2D eigenvalue weighted by molar-refractivity contribution is 0.0925. The Morgan fingerprint density at radius 2 is 1.97 bits per heavy atom. The summed E-state index contributed by atoms with van der Waals surface area (Å²) in [5.41, 5.74) is 2.60. The first-order valence-corrected chi connectivity index (χ1v) is 12.9. The van der Waals surface area contributed by atoms with Gasteiger partial charge in [-0.3, -0.25) is 19.1 Å². The maximum Gasteiger partial charge on any atom is 0.287 e. The molecule has 9 heteroatoms. The number of aryl methyl sites for hydroxylation is 1. The second kappa shape index (κ2) is 10.3. The fourth-order valence-electron chi connectivity index (χ4n) is 3.67. The lowest BCUT2D eigenvalue weighted by Crippen LogP contribution is -2.25. The number of carbonyl (C=O) groups is 1. The molecule has 1 amide bonds. The summed E-state index contributed by atoms with van der Waals surface area (Å²) < 4.78 is 7.44. The van der Waals surface area contributed by atoms with Crippen molar-refractivity contribution in [3.8, 4) is 5.69 Å². The fraction of sp³-hybridized carbons (Fsp3) is 0.154. The van der Waals surface area contributed by atoms with E-state index in [1.165, 1.54) is 23.1 Å². The molecule has 0 aliphatic rings. The molecule has 0 saturated heterocycles. The first-order valence-electron chi connectivity index (χ1n) is 11.1. The van der Waals surface area contributed by atoms with Gasteiger partial charge in [-0.25, -0.2) is 4.98 Å². The highest BCUT2D eigenvalue weighted by Crippen LogP contribution is 2.28. The van der Waals surface area contributed by atoms with E-state index in [0.29, 0.717) is 39.9 Å². The van der Waals surface area contributed by atoms with Crippen molar-refractivity contribution in [2.75, 3.05) is 6.54 Å². The summed E-state index contributed by atoms with van der Waals surface area (Å²) in [5, 5.41) is 5.92. The summed E-state index contributed by atoms with van der Waals surface area (Å²) in [7, 11) is 0. The van der Waals surface area contributed by atoms with Gasteiger partial charge < -0.3 is 9.73 Å². The maximum absolute atomic E-state index is 13.3. The summed E-state index contributed by atoms with van der Waals surface area (Å²) in [6, 6.07) is 18.7. The van der Waals surface area contributed by atoms with Crippen LogP contribution in [-0.2, 0) is 12.2 Å². The number of carbonyl (C=O) groups excluding carboxylic acids is 1. The Morgan fingerprint density at radius 1 is 1.11 bits per heavy atom. The molecule has 0 atom stereocenters. The number of fused-ring (bicyclic) bond motifs is 1. The normalized spacial score (nSPS) is 11.1. The standard InChI is InChI=1S/C26H22N4O3S2/c1-17-6-2-3-8-21(17)30-25(32)20-12-15-34-24(20)29-26(30)35-16-19-9-10-22(33-19)23(31)28-14-11-18-7-4-5-13-27-18/h2-10,12-13,15H,11,14,16H2,1H3,(H,28,31). The van der Waals surface area contributed by atoms with Gasteiger partial charge >= 0.3 is 0 Å². The van der Waals surface area contributed by atoms with Crippen LogP contribution in [0.5, 0.6) is 0 Å². The van der Waals surface area contributed by atoms with E-state index in [4.69, 9.17) is 9.40 Å². The smallest absolute Gasteiger partial charge is 0.287 e. The number of pyridine rings is 1. The minimum atomic E-state index is -0.271. The third kappa shape index (κ3) is 5.06. The maximum atomic E-state index is 13.3. The van der Waals surface area contributed by atoms with Crippen molar-refractivity contribution in [1.29, 1.82) is 0 Å². The van der Waals surface area contributed by atoms with Gasteiger partial charge in [0.2, 0.25) is 0 Å². The van der Waals surface area contributed by atoms with Crippen LogP contribution in [0.4, 0.5) is 0 Å². The number of thioether (sulfide) groups is 1. The number of para-hydroxylation sites is 1. The monoisotopic (exact) mass is 502 g/mol. The highest BCUT2D eigenvalue weighted by atomic mass is 32.2. The van der Waals surface area contributed by atoms with Gasteiger partial charge in [0.15, 0.2) is 10.9 Å². The molecule has 4 heterocycles. The van der Waals surface area contributed by atoms with Gasteiger partial charge in [0, 0.05) is 24.9 Å². The van der Waals surface area contributed by atoms with Crippen LogP contribution < -0.4 is 10.9 Å². The minimum Gasteiger partial charge on any atom is -0.455 e. The number of amides is 1. The van der Waals surface area contributed by atoms with E-state index in [0.717, 1.165) is 16.9 Å². The highest BCUT2D eigenvalue weighted by Gasteiger charge is 2.17. The van der Waals surface area contributed by atoms with Gasteiger partial charge in [-0.15, -0.1) is 11.3 Å². The molecule has 0 bridgehead atoms. The number of aromatic nitrogens is 3. The van der Waals surface area contributed by atoms with E-state index in [1.807, 2.05) is 60.8 Å².